The van der Waals surface area contributed by atoms with Gasteiger partial charge >= 0.3 is 0 Å². The molecule has 0 N–H and O–H groups in total. The van der Waals surface area contributed by atoms with Crippen LogP contribution in [0.5, 0.6) is 11.5 Å². The van der Waals surface area contributed by atoms with Crippen molar-refractivity contribution < 1.29 is 14.3 Å². The largest absolute Gasteiger partial charge is 0.497 e. The molecule has 1 aliphatic heterocycles. The van der Waals surface area contributed by atoms with E-state index in [9.17, 15) is 4.79 Å². The van der Waals surface area contributed by atoms with Crippen LogP contribution >= 0.6 is 23.1 Å². The van der Waals surface area contributed by atoms with Crippen molar-refractivity contribution >= 4 is 44.4 Å². The summed E-state index contributed by atoms with van der Waals surface area (Å²) in [7, 11) is 1.67. The Kier molecular flexibility index (Phi) is 7.76. The van der Waals surface area contributed by atoms with Gasteiger partial charge in [-0.25, -0.2) is 4.98 Å². The second-order valence-corrected chi connectivity index (χ2v) is 9.73. The number of piperazine rings is 1. The van der Waals surface area contributed by atoms with Crippen molar-refractivity contribution in [1.82, 2.24) is 9.88 Å². The number of carbonyl (C=O) groups is 1. The summed E-state index contributed by atoms with van der Waals surface area (Å²) in [6.07, 6.45) is 1.49. The molecule has 1 aliphatic rings. The lowest BCUT2D eigenvalue weighted by Crippen LogP contribution is -2.48. The maximum absolute atomic E-state index is 12.6. The van der Waals surface area contributed by atoms with E-state index >= 15 is 0 Å². The summed E-state index contributed by atoms with van der Waals surface area (Å²) in [5.74, 6) is 2.94. The number of fused-ring (bicyclic) bond motifs is 1. The zero-order valence-corrected chi connectivity index (χ0v) is 20.2. The number of methoxy groups -OCH3 is 1. The third-order valence-corrected chi connectivity index (χ3v) is 7.60. The summed E-state index contributed by atoms with van der Waals surface area (Å²) in [6.45, 7) is 5.81. The molecule has 0 radical (unpaired) electrons. The first-order valence-electron chi connectivity index (χ1n) is 11.0. The van der Waals surface area contributed by atoms with Crippen LogP contribution in [0.25, 0.3) is 10.2 Å². The highest BCUT2D eigenvalue weighted by atomic mass is 32.2. The molecular weight excluding hydrogens is 442 g/mol. The van der Waals surface area contributed by atoms with E-state index < -0.39 is 0 Å². The van der Waals surface area contributed by atoms with Crippen LogP contribution in [-0.4, -0.2) is 61.4 Å². The second kappa shape index (κ2) is 10.9. The second-order valence-electron chi connectivity index (χ2n) is 7.55. The first-order chi connectivity index (χ1) is 15.7. The van der Waals surface area contributed by atoms with Gasteiger partial charge in [0, 0.05) is 37.5 Å². The summed E-state index contributed by atoms with van der Waals surface area (Å²) >= 11 is 3.47. The molecule has 2 aromatic carbocycles. The smallest absolute Gasteiger partial charge is 0.222 e. The van der Waals surface area contributed by atoms with Gasteiger partial charge in [0.2, 0.25) is 5.91 Å². The third-order valence-electron chi connectivity index (χ3n) is 5.43. The Morgan fingerprint density at radius 2 is 1.84 bits per heavy atom. The fourth-order valence-electron chi connectivity index (χ4n) is 3.68. The van der Waals surface area contributed by atoms with Gasteiger partial charge in [-0.1, -0.05) is 11.3 Å². The van der Waals surface area contributed by atoms with Gasteiger partial charge in [0.1, 0.15) is 11.5 Å². The predicted molar refractivity (Wildman–Crippen MR) is 133 cm³/mol. The molecule has 6 nitrogen and oxygen atoms in total. The number of nitrogens with zero attached hydrogens (tertiary/aromatic N) is 3. The average molecular weight is 472 g/mol. The molecule has 1 amide bonds. The Labute approximate surface area is 197 Å². The number of anilines is 1. The minimum Gasteiger partial charge on any atom is -0.497 e. The van der Waals surface area contributed by atoms with Crippen LogP contribution in [0.1, 0.15) is 19.8 Å². The van der Waals surface area contributed by atoms with Crippen molar-refractivity contribution in [3.8, 4) is 11.5 Å². The normalized spacial score (nSPS) is 14.1. The SMILES string of the molecule is CCOc1ccc2nc(N3CCN(C(=O)CCCSc4ccc(OC)cc4)CC3)sc2c1. The first-order valence-corrected chi connectivity index (χ1v) is 12.8. The number of rotatable bonds is 9. The standard InChI is InChI=1S/C24H29N3O3S2/c1-3-30-19-8-11-21-22(17-19)32-24(25-21)27-14-12-26(13-15-27)23(28)5-4-16-31-20-9-6-18(29-2)7-10-20/h6-11,17H,3-5,12-16H2,1-2H3. The third kappa shape index (κ3) is 5.66. The molecule has 1 aromatic heterocycles. The molecule has 0 bridgehead atoms. The van der Waals surface area contributed by atoms with Crippen molar-refractivity contribution in [2.45, 2.75) is 24.7 Å². The van der Waals surface area contributed by atoms with Crippen molar-refractivity contribution in [2.24, 2.45) is 0 Å². The molecule has 32 heavy (non-hydrogen) atoms. The van der Waals surface area contributed by atoms with Gasteiger partial charge in [-0.2, -0.15) is 0 Å². The summed E-state index contributed by atoms with van der Waals surface area (Å²) in [6, 6.07) is 14.1. The molecule has 1 saturated heterocycles. The summed E-state index contributed by atoms with van der Waals surface area (Å²) < 4.78 is 11.9. The number of hydrogen-bond acceptors (Lipinski definition) is 7. The number of thioether (sulfide) groups is 1. The Hall–Kier alpha value is -2.45. The van der Waals surface area contributed by atoms with Gasteiger partial charge < -0.3 is 19.3 Å². The van der Waals surface area contributed by atoms with Crippen molar-refractivity contribution in [2.75, 3.05) is 50.5 Å². The van der Waals surface area contributed by atoms with E-state index in [2.05, 4.69) is 23.1 Å². The monoisotopic (exact) mass is 471 g/mol. The fourth-order valence-corrected chi connectivity index (χ4v) is 5.57. The van der Waals surface area contributed by atoms with E-state index in [4.69, 9.17) is 14.5 Å². The maximum atomic E-state index is 12.6. The van der Waals surface area contributed by atoms with Crippen LogP contribution in [0, 0.1) is 0 Å². The quantitative estimate of drug-likeness (QED) is 0.326. The van der Waals surface area contributed by atoms with E-state index in [1.165, 1.54) is 4.90 Å². The van der Waals surface area contributed by atoms with Gasteiger partial charge in [-0.05, 0) is 61.6 Å². The average Bonchev–Trinajstić information content (AvgIpc) is 3.26. The molecule has 2 heterocycles. The van der Waals surface area contributed by atoms with E-state index in [0.717, 1.165) is 65.2 Å². The number of hydrogen-bond donors (Lipinski definition) is 0. The maximum Gasteiger partial charge on any atom is 0.222 e. The highest BCUT2D eigenvalue weighted by Gasteiger charge is 2.23. The summed E-state index contributed by atoms with van der Waals surface area (Å²) in [4.78, 5) is 22.9. The van der Waals surface area contributed by atoms with Crippen LogP contribution in [0.4, 0.5) is 5.13 Å². The summed E-state index contributed by atoms with van der Waals surface area (Å²) in [5.41, 5.74) is 1.00. The van der Waals surface area contributed by atoms with E-state index in [-0.39, 0.29) is 5.91 Å². The highest BCUT2D eigenvalue weighted by Crippen LogP contribution is 2.32. The van der Waals surface area contributed by atoms with Gasteiger partial charge in [0.05, 0.1) is 23.9 Å². The highest BCUT2D eigenvalue weighted by molar-refractivity contribution is 7.99. The lowest BCUT2D eigenvalue weighted by Gasteiger charge is -2.34. The number of carbonyl (C=O) groups excluding carboxylic acids is 1. The van der Waals surface area contributed by atoms with Gasteiger partial charge in [-0.15, -0.1) is 11.8 Å². The number of aromatic nitrogens is 1. The predicted octanol–water partition coefficient (Wildman–Crippen LogP) is 4.92. The van der Waals surface area contributed by atoms with Crippen LogP contribution in [0.3, 0.4) is 0 Å². The van der Waals surface area contributed by atoms with Crippen LogP contribution in [0.2, 0.25) is 0 Å². The molecule has 0 saturated carbocycles. The van der Waals surface area contributed by atoms with Crippen LogP contribution in [-0.2, 0) is 4.79 Å². The van der Waals surface area contributed by atoms with Crippen LogP contribution < -0.4 is 14.4 Å². The molecule has 0 aliphatic carbocycles. The number of thiazole rings is 1. The lowest BCUT2D eigenvalue weighted by molar-refractivity contribution is -0.131. The Morgan fingerprint density at radius 1 is 1.09 bits per heavy atom. The van der Waals surface area contributed by atoms with Crippen molar-refractivity contribution in [1.29, 1.82) is 0 Å². The van der Waals surface area contributed by atoms with Gasteiger partial charge in [0.25, 0.3) is 0 Å². The Balaban J connectivity index is 1.21. The molecule has 0 spiro atoms. The van der Waals surface area contributed by atoms with Gasteiger partial charge in [-0.3, -0.25) is 4.79 Å². The molecule has 3 aromatic rings. The van der Waals surface area contributed by atoms with E-state index in [1.807, 2.05) is 36.1 Å². The molecule has 170 valence electrons. The number of amides is 1. The molecule has 1 fully saturated rings. The summed E-state index contributed by atoms with van der Waals surface area (Å²) in [5, 5.41) is 1.02. The topological polar surface area (TPSA) is 54.9 Å². The zero-order valence-electron chi connectivity index (χ0n) is 18.6. The van der Waals surface area contributed by atoms with Crippen LogP contribution in [0.15, 0.2) is 47.4 Å². The van der Waals surface area contributed by atoms with Gasteiger partial charge in [0.15, 0.2) is 5.13 Å². The molecule has 8 heteroatoms. The lowest BCUT2D eigenvalue weighted by atomic mass is 10.2. The molecule has 0 atom stereocenters. The Morgan fingerprint density at radius 3 is 2.56 bits per heavy atom. The van der Waals surface area contributed by atoms with E-state index in [0.29, 0.717) is 13.0 Å². The minimum atomic E-state index is 0.255. The zero-order chi connectivity index (χ0) is 22.3. The van der Waals surface area contributed by atoms with Crippen molar-refractivity contribution in [3.05, 3.63) is 42.5 Å². The number of ether oxygens (including phenoxy) is 2. The molecule has 4 rings (SSSR count). The minimum absolute atomic E-state index is 0.255. The van der Waals surface area contributed by atoms with E-state index in [1.54, 1.807) is 30.2 Å². The molecular formula is C24H29N3O3S2. The fraction of sp³-hybridized carbons (Fsp3) is 0.417. The molecule has 0 unspecified atom stereocenters. The number of benzene rings is 2. The first kappa shape index (κ1) is 22.7. The Bertz CT molecular complexity index is 1030. The van der Waals surface area contributed by atoms with Crippen molar-refractivity contribution in [3.63, 3.8) is 0 Å².